The molecule has 2 N–H and O–H groups in total. The predicted molar refractivity (Wildman–Crippen MR) is 198 cm³/mol. The van der Waals surface area contributed by atoms with Crippen molar-refractivity contribution >= 4 is 44.1 Å². The van der Waals surface area contributed by atoms with Crippen molar-refractivity contribution in [3.8, 4) is 35.8 Å². The molecule has 0 aliphatic carbocycles. The van der Waals surface area contributed by atoms with Gasteiger partial charge in [0.05, 0.1) is 60.0 Å². The molecule has 2 aliphatic rings. The average molecular weight is 689 g/mol. The van der Waals surface area contributed by atoms with Gasteiger partial charge in [0.1, 0.15) is 34.4 Å². The second kappa shape index (κ2) is 15.3. The fourth-order valence-corrected chi connectivity index (χ4v) is 8.44. The summed E-state index contributed by atoms with van der Waals surface area (Å²) in [6.45, 7) is 0. The zero-order valence-electron chi connectivity index (χ0n) is 27.0. The molecular weight excluding hydrogens is 661 g/mol. The molecule has 242 valence electrons. The van der Waals surface area contributed by atoms with E-state index in [4.69, 9.17) is 9.47 Å². The number of nitrogens with zero attached hydrogens (tertiary/aromatic N) is 4. The molecule has 0 radical (unpaired) electrons. The van der Waals surface area contributed by atoms with Gasteiger partial charge in [0.2, 0.25) is 0 Å². The minimum atomic E-state index is -0.609. The zero-order valence-corrected chi connectivity index (χ0v) is 28.6. The normalized spacial score (nSPS) is 17.1. The van der Waals surface area contributed by atoms with Crippen molar-refractivity contribution in [3.63, 3.8) is 0 Å². The van der Waals surface area contributed by atoms with E-state index in [1.807, 2.05) is 84.9 Å². The van der Waals surface area contributed by atoms with E-state index in [9.17, 15) is 21.0 Å². The number of dihydropyridines is 2. The molecule has 2 heterocycles. The van der Waals surface area contributed by atoms with Crippen LogP contribution < -0.4 is 20.1 Å². The van der Waals surface area contributed by atoms with E-state index in [0.29, 0.717) is 67.5 Å². The molecule has 0 saturated carbocycles. The number of rotatable bonds is 9. The number of benzene rings is 4. The first-order valence-electron chi connectivity index (χ1n) is 15.4. The first-order valence-corrected chi connectivity index (χ1v) is 17.7. The third-order valence-corrected chi connectivity index (χ3v) is 10.9. The highest BCUT2D eigenvalue weighted by Crippen LogP contribution is 2.47. The van der Waals surface area contributed by atoms with Crippen LogP contribution in [0.2, 0.25) is 0 Å². The molecule has 10 heteroatoms. The number of nitrogens with one attached hydrogen (secondary N) is 2. The van der Waals surface area contributed by atoms with Gasteiger partial charge < -0.3 is 20.1 Å². The predicted octanol–water partition coefficient (Wildman–Crippen LogP) is 8.07. The van der Waals surface area contributed by atoms with Gasteiger partial charge in [0.15, 0.2) is 0 Å². The summed E-state index contributed by atoms with van der Waals surface area (Å²) in [5.74, 6) is 1.31. The largest absolute Gasteiger partial charge is 0.497 e. The lowest BCUT2D eigenvalue weighted by Gasteiger charge is -2.32. The quantitative estimate of drug-likeness (QED) is 0.166. The molecule has 4 aromatic carbocycles. The number of allylic oxidation sites excluding steroid dienone is 4. The molecular formula is C40H28N6O2S2. The highest BCUT2D eigenvalue weighted by Gasteiger charge is 2.35. The van der Waals surface area contributed by atoms with E-state index in [-0.39, 0.29) is 0 Å². The molecule has 0 saturated heterocycles. The first-order chi connectivity index (χ1) is 24.5. The summed E-state index contributed by atoms with van der Waals surface area (Å²) in [5.41, 5.74) is 6.68. The van der Waals surface area contributed by atoms with Gasteiger partial charge in [-0.15, -0.1) is 0 Å². The van der Waals surface area contributed by atoms with Crippen molar-refractivity contribution in [2.75, 3.05) is 14.2 Å². The van der Waals surface area contributed by atoms with Crippen LogP contribution in [0, 0.1) is 45.3 Å². The van der Waals surface area contributed by atoms with Gasteiger partial charge in [-0.2, -0.15) is 21.0 Å². The number of methoxy groups -OCH3 is 2. The van der Waals surface area contributed by atoms with Crippen molar-refractivity contribution in [1.82, 2.24) is 10.6 Å². The maximum Gasteiger partial charge on any atom is 0.119 e. The maximum absolute atomic E-state index is 10.6. The Labute approximate surface area is 298 Å². The molecule has 0 amide bonds. The lowest BCUT2D eigenvalue weighted by Crippen LogP contribution is -2.34. The Bertz CT molecular complexity index is 2060. The van der Waals surface area contributed by atoms with Gasteiger partial charge >= 0.3 is 0 Å². The highest BCUT2D eigenvalue weighted by molar-refractivity contribution is 8.77. The summed E-state index contributed by atoms with van der Waals surface area (Å²) in [6, 6.07) is 43.1. The Morgan fingerprint density at radius 2 is 0.840 bits per heavy atom. The van der Waals surface area contributed by atoms with Crippen LogP contribution in [0.25, 0.3) is 22.5 Å². The lowest BCUT2D eigenvalue weighted by molar-refractivity contribution is 0.414. The Hall–Kier alpha value is -6.30. The monoisotopic (exact) mass is 688 g/mol. The van der Waals surface area contributed by atoms with Crippen LogP contribution >= 0.6 is 21.6 Å². The molecule has 0 aromatic heterocycles. The molecule has 6 rings (SSSR count). The number of nitriles is 4. The molecule has 0 bridgehead atoms. The Kier molecular flexibility index (Phi) is 10.3. The summed E-state index contributed by atoms with van der Waals surface area (Å²) in [4.78, 5) is 0. The molecule has 8 nitrogen and oxygen atoms in total. The van der Waals surface area contributed by atoms with Crippen molar-refractivity contribution in [2.24, 2.45) is 0 Å². The van der Waals surface area contributed by atoms with Crippen LogP contribution in [-0.2, 0) is 0 Å². The number of hydrogen-bond acceptors (Lipinski definition) is 10. The van der Waals surface area contributed by atoms with Crippen molar-refractivity contribution in [2.45, 2.75) is 10.7 Å². The Balaban J connectivity index is 1.45. The third-order valence-electron chi connectivity index (χ3n) is 8.21. The summed E-state index contributed by atoms with van der Waals surface area (Å²) < 4.78 is 10.7. The van der Waals surface area contributed by atoms with Gasteiger partial charge in [-0.1, -0.05) is 107 Å². The van der Waals surface area contributed by atoms with Crippen LogP contribution in [0.5, 0.6) is 11.5 Å². The van der Waals surface area contributed by atoms with Crippen LogP contribution in [0.4, 0.5) is 0 Å². The van der Waals surface area contributed by atoms with Crippen molar-refractivity contribution < 1.29 is 9.47 Å². The molecule has 0 fully saturated rings. The molecule has 2 atom stereocenters. The van der Waals surface area contributed by atoms with Gasteiger partial charge in [0, 0.05) is 11.1 Å². The SMILES string of the molecule is COc1ccc(C2=C(C#N)C(SSC3NC(c4ccccc4)=C(C#N)C(c4ccc(OC)cc4)=C3C#N)NC(c3ccccc3)=C2C#N)cc1. The standard InChI is InChI=1S/C40H28N6O2S2/c1-47-29-17-13-25(14-18-29)35-31(21-41)37(27-9-5-3-6-10-27)45-39(33(35)23-43)49-50-40-34(24-44)36(26-15-19-30(48-2)20-16-26)32(22-42)38(46-40)28-11-7-4-8-12-28/h3-20,39-40,45-46H,1-2H3. The molecule has 4 aromatic rings. The molecule has 0 spiro atoms. The topological polar surface area (TPSA) is 138 Å². The van der Waals surface area contributed by atoms with Crippen LogP contribution in [0.1, 0.15) is 22.3 Å². The smallest absolute Gasteiger partial charge is 0.119 e. The van der Waals surface area contributed by atoms with Gasteiger partial charge in [-0.05, 0) is 46.5 Å². The minimum absolute atomic E-state index is 0.350. The average Bonchev–Trinajstić information content (AvgIpc) is 3.19. The molecule has 50 heavy (non-hydrogen) atoms. The van der Waals surface area contributed by atoms with Gasteiger partial charge in [-0.25, -0.2) is 0 Å². The third kappa shape index (κ3) is 6.55. The Morgan fingerprint density at radius 1 is 0.480 bits per heavy atom. The molecule has 2 aliphatic heterocycles. The number of hydrogen-bond donors (Lipinski definition) is 2. The van der Waals surface area contributed by atoms with E-state index in [1.54, 1.807) is 38.5 Å². The van der Waals surface area contributed by atoms with Crippen LogP contribution in [-0.4, -0.2) is 25.0 Å². The fraction of sp³-hybridized carbons (Fsp3) is 0.100. The van der Waals surface area contributed by atoms with E-state index in [0.717, 1.165) is 11.1 Å². The van der Waals surface area contributed by atoms with Gasteiger partial charge in [-0.3, -0.25) is 0 Å². The maximum atomic E-state index is 10.6. The second-order valence-electron chi connectivity index (χ2n) is 11.0. The van der Waals surface area contributed by atoms with E-state index < -0.39 is 10.7 Å². The van der Waals surface area contributed by atoms with E-state index in [1.165, 1.54) is 21.6 Å². The first kappa shape index (κ1) is 33.6. The van der Waals surface area contributed by atoms with Gasteiger partial charge in [0.25, 0.3) is 0 Å². The summed E-state index contributed by atoms with van der Waals surface area (Å²) in [5, 5.41) is 48.0. The zero-order chi connectivity index (χ0) is 35.0. The summed E-state index contributed by atoms with van der Waals surface area (Å²) in [7, 11) is 5.90. The Morgan fingerprint density at radius 3 is 1.14 bits per heavy atom. The van der Waals surface area contributed by atoms with Crippen LogP contribution in [0.3, 0.4) is 0 Å². The van der Waals surface area contributed by atoms with Crippen molar-refractivity contribution in [1.29, 1.82) is 21.0 Å². The molecule has 2 unspecified atom stereocenters. The minimum Gasteiger partial charge on any atom is -0.497 e. The van der Waals surface area contributed by atoms with Crippen molar-refractivity contribution in [3.05, 3.63) is 154 Å². The highest BCUT2D eigenvalue weighted by atomic mass is 33.1. The summed E-state index contributed by atoms with van der Waals surface area (Å²) in [6.07, 6.45) is 0. The fourth-order valence-electron chi connectivity index (χ4n) is 5.82. The number of ether oxygens (including phenoxy) is 2. The lowest BCUT2D eigenvalue weighted by atomic mass is 9.88. The summed E-state index contributed by atoms with van der Waals surface area (Å²) >= 11 is 0. The second-order valence-corrected chi connectivity index (χ2v) is 13.4. The van der Waals surface area contributed by atoms with E-state index in [2.05, 4.69) is 34.9 Å². The van der Waals surface area contributed by atoms with E-state index >= 15 is 0 Å². The van der Waals surface area contributed by atoms with Crippen LogP contribution in [0.15, 0.2) is 131 Å².